The van der Waals surface area contributed by atoms with E-state index in [9.17, 15) is 4.79 Å². The van der Waals surface area contributed by atoms with Gasteiger partial charge < -0.3 is 4.74 Å². The van der Waals surface area contributed by atoms with E-state index in [1.165, 1.54) is 0 Å². The normalized spacial score (nSPS) is 19.4. The molecule has 0 spiro atoms. The second-order valence-corrected chi connectivity index (χ2v) is 4.48. The zero-order valence-corrected chi connectivity index (χ0v) is 10.6. The fourth-order valence-corrected chi connectivity index (χ4v) is 1.48. The monoisotopic (exact) mass is 223 g/mol. The van der Waals surface area contributed by atoms with E-state index in [-0.39, 0.29) is 23.9 Å². The van der Waals surface area contributed by atoms with Crippen molar-refractivity contribution in [1.82, 2.24) is 0 Å². The third-order valence-electron chi connectivity index (χ3n) is 2.38. The number of ketones is 1. The minimum Gasteiger partial charge on any atom is -0.370 e. The molecule has 3 nitrogen and oxygen atoms in total. The Hall–Kier alpha value is -0.960. The van der Waals surface area contributed by atoms with Gasteiger partial charge in [0.25, 0.3) is 0 Å². The van der Waals surface area contributed by atoms with Crippen molar-refractivity contribution in [2.24, 2.45) is 10.9 Å². The highest BCUT2D eigenvalue weighted by molar-refractivity contribution is 5.99. The summed E-state index contributed by atoms with van der Waals surface area (Å²) in [6.45, 7) is 7.74. The molecule has 0 amide bonds. The van der Waals surface area contributed by atoms with Crippen molar-refractivity contribution in [3.63, 3.8) is 0 Å². The minimum atomic E-state index is -0.0537. The fraction of sp³-hybridized carbons (Fsp3) is 0.692. The van der Waals surface area contributed by atoms with Gasteiger partial charge in [0.1, 0.15) is 5.70 Å². The Balaban J connectivity index is 2.49. The van der Waals surface area contributed by atoms with Crippen molar-refractivity contribution >= 4 is 12.0 Å². The Bertz CT molecular complexity index is 301. The highest BCUT2D eigenvalue weighted by Crippen LogP contribution is 2.32. The largest absolute Gasteiger partial charge is 0.370 e. The molecule has 0 radical (unpaired) electrons. The minimum absolute atomic E-state index is 0.0537. The Kier molecular flexibility index (Phi) is 4.87. The second kappa shape index (κ2) is 5.94. The summed E-state index contributed by atoms with van der Waals surface area (Å²) in [6, 6.07) is 0. The number of hydrogen-bond donors (Lipinski definition) is 0. The summed E-state index contributed by atoms with van der Waals surface area (Å²) < 4.78 is 5.51. The predicted octanol–water partition coefficient (Wildman–Crippen LogP) is 2.75. The van der Waals surface area contributed by atoms with E-state index in [1.54, 1.807) is 12.3 Å². The molecule has 1 aliphatic carbocycles. The van der Waals surface area contributed by atoms with Gasteiger partial charge in [-0.3, -0.25) is 9.79 Å². The number of hydrogen-bond acceptors (Lipinski definition) is 3. The molecule has 0 aromatic carbocycles. The van der Waals surface area contributed by atoms with Gasteiger partial charge in [-0.1, -0.05) is 6.08 Å². The topological polar surface area (TPSA) is 38.7 Å². The van der Waals surface area contributed by atoms with Crippen molar-refractivity contribution in [1.29, 1.82) is 0 Å². The first kappa shape index (κ1) is 13.1. The molecule has 1 saturated carbocycles. The molecule has 1 atom stereocenters. The van der Waals surface area contributed by atoms with Crippen molar-refractivity contribution in [2.75, 3.05) is 0 Å². The number of carbonyl (C=O) groups excluding carboxylic acids is 1. The smallest absolute Gasteiger partial charge is 0.183 e. The summed E-state index contributed by atoms with van der Waals surface area (Å²) in [5, 5.41) is 0. The van der Waals surface area contributed by atoms with E-state index >= 15 is 0 Å². The van der Waals surface area contributed by atoms with Gasteiger partial charge in [0, 0.05) is 12.1 Å². The first-order valence-corrected chi connectivity index (χ1v) is 5.94. The third-order valence-corrected chi connectivity index (χ3v) is 2.38. The molecule has 0 N–H and O–H groups in total. The van der Waals surface area contributed by atoms with Gasteiger partial charge in [-0.15, -0.1) is 0 Å². The molecule has 90 valence electrons. The Morgan fingerprint density at radius 1 is 1.38 bits per heavy atom. The van der Waals surface area contributed by atoms with Crippen LogP contribution in [0, 0.1) is 5.92 Å². The molecule has 0 aliphatic heterocycles. The van der Waals surface area contributed by atoms with Gasteiger partial charge >= 0.3 is 0 Å². The molecule has 0 aromatic rings. The maximum Gasteiger partial charge on any atom is 0.183 e. The zero-order chi connectivity index (χ0) is 12.1. The second-order valence-electron chi connectivity index (χ2n) is 4.48. The van der Waals surface area contributed by atoms with Crippen LogP contribution in [0.1, 0.15) is 40.5 Å². The van der Waals surface area contributed by atoms with E-state index in [2.05, 4.69) is 4.99 Å². The average Bonchev–Trinajstić information content (AvgIpc) is 3.00. The predicted molar refractivity (Wildman–Crippen MR) is 65.7 cm³/mol. The molecule has 0 aromatic heterocycles. The van der Waals surface area contributed by atoms with E-state index in [0.717, 1.165) is 12.8 Å². The molecule has 0 saturated heterocycles. The van der Waals surface area contributed by atoms with Crippen LogP contribution in [0.4, 0.5) is 0 Å². The van der Waals surface area contributed by atoms with E-state index in [0.29, 0.717) is 5.70 Å². The average molecular weight is 223 g/mol. The number of nitrogens with zero attached hydrogens (tertiary/aromatic N) is 1. The maximum absolute atomic E-state index is 11.7. The summed E-state index contributed by atoms with van der Waals surface area (Å²) in [5.74, 6) is 0.403. The molecule has 0 heterocycles. The molecular weight excluding hydrogens is 202 g/mol. The highest BCUT2D eigenvalue weighted by Gasteiger charge is 2.31. The number of allylic oxidation sites excluding steroid dienone is 2. The number of ether oxygens (including phenoxy) is 1. The van der Waals surface area contributed by atoms with Gasteiger partial charge in [0.15, 0.2) is 5.78 Å². The van der Waals surface area contributed by atoms with Crippen molar-refractivity contribution in [2.45, 2.75) is 52.7 Å². The van der Waals surface area contributed by atoms with Crippen LogP contribution in [-0.2, 0) is 9.53 Å². The van der Waals surface area contributed by atoms with Crippen LogP contribution >= 0.6 is 0 Å². The number of rotatable bonds is 6. The van der Waals surface area contributed by atoms with Crippen molar-refractivity contribution < 1.29 is 9.53 Å². The first-order chi connectivity index (χ1) is 7.54. The van der Waals surface area contributed by atoms with E-state index < -0.39 is 0 Å². The lowest BCUT2D eigenvalue weighted by Crippen LogP contribution is -2.16. The molecule has 1 aliphatic rings. The first-order valence-electron chi connectivity index (χ1n) is 5.94. The number of carbonyl (C=O) groups is 1. The van der Waals surface area contributed by atoms with E-state index in [1.807, 2.05) is 27.7 Å². The van der Waals surface area contributed by atoms with Crippen LogP contribution in [0.3, 0.4) is 0 Å². The molecule has 1 fully saturated rings. The van der Waals surface area contributed by atoms with E-state index in [4.69, 9.17) is 4.74 Å². The van der Waals surface area contributed by atoms with Gasteiger partial charge in [0.05, 0.1) is 12.2 Å². The molecule has 16 heavy (non-hydrogen) atoms. The van der Waals surface area contributed by atoms with Crippen molar-refractivity contribution in [3.05, 3.63) is 11.8 Å². The van der Waals surface area contributed by atoms with Crippen LogP contribution in [0.2, 0.25) is 0 Å². The number of Topliss-reactive ketones (excluding diaryl/α,β-unsaturated/α-hetero) is 1. The summed E-state index contributed by atoms with van der Waals surface area (Å²) in [7, 11) is 0. The summed E-state index contributed by atoms with van der Waals surface area (Å²) in [4.78, 5) is 16.0. The van der Waals surface area contributed by atoms with Crippen molar-refractivity contribution in [3.8, 4) is 0 Å². The summed E-state index contributed by atoms with van der Waals surface area (Å²) in [6.07, 6.45) is 5.64. The van der Waals surface area contributed by atoms with Crippen LogP contribution < -0.4 is 0 Å². The molecule has 3 heteroatoms. The lowest BCUT2D eigenvalue weighted by molar-refractivity contribution is -0.116. The SMILES string of the molecule is C/C=C(\N=CC(C)OC(C)C)C(=O)C1CC1. The highest BCUT2D eigenvalue weighted by atomic mass is 16.5. The molecular formula is C13H21NO2. The lowest BCUT2D eigenvalue weighted by Gasteiger charge is -2.11. The summed E-state index contributed by atoms with van der Waals surface area (Å²) >= 11 is 0. The third kappa shape index (κ3) is 4.27. The van der Waals surface area contributed by atoms with Gasteiger partial charge in [-0.05, 0) is 40.5 Å². The van der Waals surface area contributed by atoms with Gasteiger partial charge in [-0.2, -0.15) is 0 Å². The Labute approximate surface area is 97.6 Å². The quantitative estimate of drug-likeness (QED) is 0.513. The van der Waals surface area contributed by atoms with Crippen LogP contribution in [0.15, 0.2) is 16.8 Å². The zero-order valence-electron chi connectivity index (χ0n) is 10.6. The molecule has 1 rings (SSSR count). The fourth-order valence-electron chi connectivity index (χ4n) is 1.48. The molecule has 0 bridgehead atoms. The Morgan fingerprint density at radius 3 is 2.44 bits per heavy atom. The summed E-state index contributed by atoms with van der Waals surface area (Å²) in [5.41, 5.74) is 0.571. The van der Waals surface area contributed by atoms with Crippen LogP contribution in [0.25, 0.3) is 0 Å². The standard InChI is InChI=1S/C13H21NO2/c1-5-12(13(15)11-6-7-11)14-8-10(4)16-9(2)3/h5,8-11H,6-7H2,1-4H3/b12-5-,14-8?. The van der Waals surface area contributed by atoms with Crippen LogP contribution in [0.5, 0.6) is 0 Å². The van der Waals surface area contributed by atoms with Gasteiger partial charge in [-0.25, -0.2) is 0 Å². The lowest BCUT2D eigenvalue weighted by atomic mass is 10.2. The number of aliphatic imine (C=N–C) groups is 1. The molecule has 1 unspecified atom stereocenters. The van der Waals surface area contributed by atoms with Gasteiger partial charge in [0.2, 0.25) is 0 Å². The maximum atomic E-state index is 11.7. The Morgan fingerprint density at radius 2 is 2.00 bits per heavy atom. The van der Waals surface area contributed by atoms with Crippen LogP contribution in [-0.4, -0.2) is 24.2 Å².